The van der Waals surface area contributed by atoms with Crippen molar-refractivity contribution in [2.45, 2.75) is 66.2 Å². The Balaban J connectivity index is 2.26. The SMILES string of the molecule is CCCCCOc1ccc([P](=O)C(=O)c2c(C)cccc2C)c(OCCCCC)c1. The molecule has 0 bridgehead atoms. The Hall–Kier alpha value is -2.19. The van der Waals surface area contributed by atoms with Crippen molar-refractivity contribution in [2.24, 2.45) is 0 Å². The number of hydrogen-bond donors (Lipinski definition) is 0. The van der Waals surface area contributed by atoms with Crippen LogP contribution in [0, 0.1) is 13.8 Å². The molecule has 5 heteroatoms. The molecule has 1 radical (unpaired) electrons. The quantitative estimate of drug-likeness (QED) is 0.261. The Morgan fingerprint density at radius 1 is 0.867 bits per heavy atom. The van der Waals surface area contributed by atoms with Crippen molar-refractivity contribution in [3.8, 4) is 11.5 Å². The number of ether oxygens (including phenoxy) is 2. The van der Waals surface area contributed by atoms with Crippen molar-refractivity contribution >= 4 is 18.6 Å². The van der Waals surface area contributed by atoms with E-state index in [1.807, 2.05) is 32.0 Å². The molecular weight excluding hydrogens is 395 g/mol. The molecule has 2 rings (SSSR count). The molecule has 0 heterocycles. The van der Waals surface area contributed by atoms with E-state index in [0.717, 1.165) is 49.7 Å². The molecule has 0 fully saturated rings. The average molecular weight is 430 g/mol. The zero-order valence-corrected chi connectivity index (χ0v) is 19.6. The molecule has 30 heavy (non-hydrogen) atoms. The zero-order valence-electron chi connectivity index (χ0n) is 18.7. The molecule has 0 aliphatic carbocycles. The molecule has 1 unspecified atom stereocenters. The summed E-state index contributed by atoms with van der Waals surface area (Å²) in [5.41, 5.74) is 1.86. The number of rotatable bonds is 13. The minimum absolute atomic E-state index is 0.351. The van der Waals surface area contributed by atoms with Gasteiger partial charge in [-0.25, -0.2) is 0 Å². The fourth-order valence-corrected chi connectivity index (χ4v) is 4.62. The van der Waals surface area contributed by atoms with Gasteiger partial charge in [-0.15, -0.1) is 0 Å². The lowest BCUT2D eigenvalue weighted by molar-refractivity contribution is 0.107. The first-order chi connectivity index (χ1) is 14.5. The highest BCUT2D eigenvalue weighted by molar-refractivity contribution is 7.71. The van der Waals surface area contributed by atoms with Gasteiger partial charge in [0.25, 0.3) is 0 Å². The Kier molecular flexibility index (Phi) is 10.0. The van der Waals surface area contributed by atoms with Crippen LogP contribution in [-0.2, 0) is 4.57 Å². The molecule has 0 amide bonds. The second-order valence-electron chi connectivity index (χ2n) is 7.61. The molecule has 0 saturated heterocycles. The molecule has 0 aliphatic rings. The van der Waals surface area contributed by atoms with Gasteiger partial charge in [0.05, 0.1) is 18.5 Å². The lowest BCUT2D eigenvalue weighted by Crippen LogP contribution is -2.12. The highest BCUT2D eigenvalue weighted by Crippen LogP contribution is 2.34. The molecule has 0 aliphatic heterocycles. The maximum Gasteiger partial charge on any atom is 0.247 e. The monoisotopic (exact) mass is 429 g/mol. The van der Waals surface area contributed by atoms with Crippen LogP contribution in [0.4, 0.5) is 0 Å². The van der Waals surface area contributed by atoms with Gasteiger partial charge in [0, 0.05) is 11.6 Å². The van der Waals surface area contributed by atoms with Crippen molar-refractivity contribution in [3.05, 3.63) is 53.1 Å². The largest absolute Gasteiger partial charge is 0.493 e. The normalized spacial score (nSPS) is 11.3. The smallest absolute Gasteiger partial charge is 0.247 e. The first kappa shape index (κ1) is 24.1. The van der Waals surface area contributed by atoms with Crippen molar-refractivity contribution in [2.75, 3.05) is 13.2 Å². The van der Waals surface area contributed by atoms with Gasteiger partial charge in [0.1, 0.15) is 11.5 Å². The highest BCUT2D eigenvalue weighted by atomic mass is 31.1. The lowest BCUT2D eigenvalue weighted by atomic mass is 10.0. The molecule has 0 spiro atoms. The van der Waals surface area contributed by atoms with Gasteiger partial charge < -0.3 is 9.47 Å². The van der Waals surface area contributed by atoms with Crippen LogP contribution in [0.1, 0.15) is 73.9 Å². The Labute approximate surface area is 181 Å². The summed E-state index contributed by atoms with van der Waals surface area (Å²) in [5, 5.41) is 0.440. The maximum atomic E-state index is 13.2. The van der Waals surface area contributed by atoms with E-state index < -0.39 is 7.80 Å². The number of carbonyl (C=O) groups is 1. The van der Waals surface area contributed by atoms with E-state index in [4.69, 9.17) is 9.47 Å². The standard InChI is InChI=1S/C25H34O4P/c1-5-7-9-16-28-21-14-15-23(22(18-21)29-17-10-8-6-2)30(27)25(26)24-19(3)12-11-13-20(24)4/h11-15,18H,5-10,16-17H2,1-4H3. The summed E-state index contributed by atoms with van der Waals surface area (Å²) >= 11 is 0. The number of carbonyl (C=O) groups excluding carboxylic acids is 1. The third-order valence-electron chi connectivity index (χ3n) is 5.05. The summed E-state index contributed by atoms with van der Waals surface area (Å²) in [6.45, 7) is 9.20. The van der Waals surface area contributed by atoms with Crippen LogP contribution in [0.5, 0.6) is 11.5 Å². The van der Waals surface area contributed by atoms with Crippen LogP contribution < -0.4 is 14.8 Å². The molecule has 2 aromatic rings. The minimum atomic E-state index is -2.29. The van der Waals surface area contributed by atoms with Gasteiger partial charge in [-0.2, -0.15) is 0 Å². The molecular formula is C25H34O4P. The highest BCUT2D eigenvalue weighted by Gasteiger charge is 2.24. The Bertz CT molecular complexity index is 840. The molecule has 0 N–H and O–H groups in total. The van der Waals surface area contributed by atoms with Gasteiger partial charge in [0.2, 0.25) is 5.52 Å². The molecule has 0 saturated carbocycles. The summed E-state index contributed by atoms with van der Waals surface area (Å²) in [6, 6.07) is 10.9. The van der Waals surface area contributed by atoms with Crippen LogP contribution >= 0.6 is 7.80 Å². The van der Waals surface area contributed by atoms with Crippen LogP contribution in [0.2, 0.25) is 0 Å². The first-order valence-electron chi connectivity index (χ1n) is 11.0. The van der Waals surface area contributed by atoms with Crippen molar-refractivity contribution in [1.82, 2.24) is 0 Å². The number of hydrogen-bond acceptors (Lipinski definition) is 4. The third kappa shape index (κ3) is 6.67. The van der Waals surface area contributed by atoms with E-state index in [0.29, 0.717) is 35.6 Å². The summed E-state index contributed by atoms with van der Waals surface area (Å²) in [7, 11) is -2.29. The number of benzene rings is 2. The summed E-state index contributed by atoms with van der Waals surface area (Å²) in [4.78, 5) is 13.1. The van der Waals surface area contributed by atoms with Crippen LogP contribution in [-0.4, -0.2) is 18.7 Å². The van der Waals surface area contributed by atoms with E-state index in [-0.39, 0.29) is 5.52 Å². The second-order valence-corrected chi connectivity index (χ2v) is 9.08. The lowest BCUT2D eigenvalue weighted by Gasteiger charge is -2.14. The topological polar surface area (TPSA) is 52.6 Å². The van der Waals surface area contributed by atoms with Crippen molar-refractivity contribution in [3.63, 3.8) is 0 Å². The van der Waals surface area contributed by atoms with Crippen LogP contribution in [0.3, 0.4) is 0 Å². The van der Waals surface area contributed by atoms with Crippen molar-refractivity contribution in [1.29, 1.82) is 0 Å². The Morgan fingerprint density at radius 3 is 2.07 bits per heavy atom. The molecule has 2 aromatic carbocycles. The second kappa shape index (κ2) is 12.5. The van der Waals surface area contributed by atoms with E-state index in [2.05, 4.69) is 13.8 Å². The molecule has 1 atom stereocenters. The predicted molar refractivity (Wildman–Crippen MR) is 124 cm³/mol. The van der Waals surface area contributed by atoms with Gasteiger partial charge in [-0.1, -0.05) is 57.7 Å². The van der Waals surface area contributed by atoms with E-state index >= 15 is 0 Å². The maximum absolute atomic E-state index is 13.2. The molecule has 4 nitrogen and oxygen atoms in total. The van der Waals surface area contributed by atoms with Gasteiger partial charge in [-0.05, 0) is 49.9 Å². The summed E-state index contributed by atoms with van der Waals surface area (Å²) in [6.07, 6.45) is 6.32. The average Bonchev–Trinajstić information content (AvgIpc) is 2.74. The predicted octanol–water partition coefficient (Wildman–Crippen LogP) is 6.73. The zero-order chi connectivity index (χ0) is 21.9. The van der Waals surface area contributed by atoms with Crippen LogP contribution in [0.25, 0.3) is 0 Å². The number of unbranched alkanes of at least 4 members (excludes halogenated alkanes) is 4. The van der Waals surface area contributed by atoms with Crippen LogP contribution in [0.15, 0.2) is 36.4 Å². The summed E-state index contributed by atoms with van der Waals surface area (Å²) in [5.74, 6) is 1.17. The fourth-order valence-electron chi connectivity index (χ4n) is 3.31. The van der Waals surface area contributed by atoms with E-state index in [9.17, 15) is 9.36 Å². The third-order valence-corrected chi connectivity index (χ3v) is 6.45. The first-order valence-corrected chi connectivity index (χ1v) is 12.2. The number of aryl methyl sites for hydroxylation is 2. The van der Waals surface area contributed by atoms with E-state index in [1.54, 1.807) is 18.2 Å². The molecule has 0 aromatic heterocycles. The van der Waals surface area contributed by atoms with Gasteiger partial charge >= 0.3 is 0 Å². The Morgan fingerprint density at radius 2 is 1.47 bits per heavy atom. The minimum Gasteiger partial charge on any atom is -0.493 e. The van der Waals surface area contributed by atoms with Gasteiger partial charge in [-0.3, -0.25) is 9.36 Å². The van der Waals surface area contributed by atoms with Crippen molar-refractivity contribution < 1.29 is 18.8 Å². The summed E-state index contributed by atoms with van der Waals surface area (Å²) < 4.78 is 25.0. The molecule has 163 valence electrons. The van der Waals surface area contributed by atoms with E-state index in [1.165, 1.54) is 0 Å². The fraction of sp³-hybridized carbons (Fsp3) is 0.480. The van der Waals surface area contributed by atoms with Gasteiger partial charge in [0.15, 0.2) is 7.80 Å².